The van der Waals surface area contributed by atoms with Gasteiger partial charge in [0.1, 0.15) is 5.76 Å². The fourth-order valence-electron chi connectivity index (χ4n) is 3.30. The van der Waals surface area contributed by atoms with Gasteiger partial charge in [-0.3, -0.25) is 9.59 Å². The second kappa shape index (κ2) is 7.66. The van der Waals surface area contributed by atoms with Crippen LogP contribution in [0.3, 0.4) is 0 Å². The van der Waals surface area contributed by atoms with Gasteiger partial charge in [-0.1, -0.05) is 23.8 Å². The first-order valence-electron chi connectivity index (χ1n) is 8.85. The van der Waals surface area contributed by atoms with Crippen LogP contribution in [0.15, 0.2) is 41.3 Å². The van der Waals surface area contributed by atoms with Crippen molar-refractivity contribution in [3.8, 4) is 0 Å². The summed E-state index contributed by atoms with van der Waals surface area (Å²) >= 11 is 1.48. The normalized spacial score (nSPS) is 19.3. The Morgan fingerprint density at radius 1 is 1.22 bits per heavy atom. The van der Waals surface area contributed by atoms with Crippen molar-refractivity contribution in [3.63, 3.8) is 0 Å². The predicted molar refractivity (Wildman–Crippen MR) is 108 cm³/mol. The van der Waals surface area contributed by atoms with E-state index in [-0.39, 0.29) is 11.3 Å². The van der Waals surface area contributed by atoms with E-state index in [2.05, 4.69) is 0 Å². The van der Waals surface area contributed by atoms with Crippen molar-refractivity contribution < 1.29 is 14.7 Å². The molecule has 1 aromatic heterocycles. The average Bonchev–Trinajstić information content (AvgIpc) is 3.22. The van der Waals surface area contributed by atoms with Crippen LogP contribution in [0.1, 0.15) is 27.6 Å². The smallest absolute Gasteiger partial charge is 0.295 e. The molecule has 27 heavy (non-hydrogen) atoms. The third kappa shape index (κ3) is 3.68. The van der Waals surface area contributed by atoms with Crippen LogP contribution in [0.2, 0.25) is 0 Å². The number of aliphatic hydroxyl groups is 1. The van der Waals surface area contributed by atoms with E-state index < -0.39 is 17.7 Å². The van der Waals surface area contributed by atoms with E-state index in [0.29, 0.717) is 18.7 Å². The lowest BCUT2D eigenvalue weighted by Crippen LogP contribution is -2.35. The van der Waals surface area contributed by atoms with Crippen molar-refractivity contribution in [2.75, 3.05) is 27.2 Å². The number of rotatable bonds is 5. The topological polar surface area (TPSA) is 60.9 Å². The molecule has 1 aliphatic rings. The van der Waals surface area contributed by atoms with Gasteiger partial charge in [-0.05, 0) is 51.0 Å². The summed E-state index contributed by atoms with van der Waals surface area (Å²) in [5, 5.41) is 13.0. The summed E-state index contributed by atoms with van der Waals surface area (Å²) in [6.07, 6.45) is 0. The highest BCUT2D eigenvalue weighted by molar-refractivity contribution is 7.10. The summed E-state index contributed by atoms with van der Waals surface area (Å²) in [6, 6.07) is 8.96. The fraction of sp³-hybridized carbons (Fsp3) is 0.333. The van der Waals surface area contributed by atoms with Crippen molar-refractivity contribution in [2.24, 2.45) is 0 Å². The number of Topliss-reactive ketones (excluding diaryl/α,β-unsaturated/α-hetero) is 1. The van der Waals surface area contributed by atoms with E-state index in [9.17, 15) is 14.7 Å². The number of benzene rings is 1. The number of hydrogen-bond acceptors (Lipinski definition) is 5. The number of amides is 1. The highest BCUT2D eigenvalue weighted by atomic mass is 32.1. The van der Waals surface area contributed by atoms with Crippen molar-refractivity contribution in [2.45, 2.75) is 19.9 Å². The summed E-state index contributed by atoms with van der Waals surface area (Å²) in [4.78, 5) is 30.0. The van der Waals surface area contributed by atoms with Crippen LogP contribution in [0.5, 0.6) is 0 Å². The SMILES string of the molecule is Cc1ccc(C)c(C(O)=C2C(=O)C(=O)N(CCN(C)C)[C@H]2c2cccs2)c1. The van der Waals surface area contributed by atoms with E-state index in [4.69, 9.17) is 0 Å². The number of carbonyl (C=O) groups is 2. The number of likely N-dealkylation sites (N-methyl/N-ethyl adjacent to an activating group) is 1. The quantitative estimate of drug-likeness (QED) is 0.488. The Kier molecular flexibility index (Phi) is 5.48. The molecule has 6 heteroatoms. The molecular formula is C21H24N2O3S. The number of ketones is 1. The molecule has 0 bridgehead atoms. The van der Waals surface area contributed by atoms with Gasteiger partial charge < -0.3 is 14.9 Å². The Balaban J connectivity index is 2.15. The highest BCUT2D eigenvalue weighted by Gasteiger charge is 2.46. The van der Waals surface area contributed by atoms with Crippen LogP contribution < -0.4 is 0 Å². The van der Waals surface area contributed by atoms with Gasteiger partial charge >= 0.3 is 0 Å². The standard InChI is InChI=1S/C21H24N2O3S/c1-13-7-8-14(2)15(12-13)19(24)17-18(16-6-5-11-27-16)23(10-9-22(3)4)21(26)20(17)25/h5-8,11-12,18,24H,9-10H2,1-4H3/t18-/m0/s1. The summed E-state index contributed by atoms with van der Waals surface area (Å²) < 4.78 is 0. The highest BCUT2D eigenvalue weighted by Crippen LogP contribution is 2.41. The van der Waals surface area contributed by atoms with Crippen molar-refractivity contribution in [1.82, 2.24) is 9.80 Å². The number of aryl methyl sites for hydroxylation is 2. The van der Waals surface area contributed by atoms with Crippen LogP contribution in [-0.2, 0) is 9.59 Å². The minimum atomic E-state index is -0.620. The Hall–Kier alpha value is -2.44. The lowest BCUT2D eigenvalue weighted by atomic mass is 9.96. The summed E-state index contributed by atoms with van der Waals surface area (Å²) in [5.41, 5.74) is 2.62. The van der Waals surface area contributed by atoms with Gasteiger partial charge in [-0.2, -0.15) is 0 Å². The molecule has 1 fully saturated rings. The molecule has 3 rings (SSSR count). The number of carbonyl (C=O) groups excluding carboxylic acids is 2. The minimum absolute atomic E-state index is 0.0969. The van der Waals surface area contributed by atoms with Gasteiger partial charge in [0, 0.05) is 23.5 Å². The summed E-state index contributed by atoms with van der Waals surface area (Å²) in [6.45, 7) is 4.88. The largest absolute Gasteiger partial charge is 0.507 e. The Bertz CT molecular complexity index is 900. The zero-order valence-electron chi connectivity index (χ0n) is 16.0. The van der Waals surface area contributed by atoms with Crippen molar-refractivity contribution in [1.29, 1.82) is 0 Å². The van der Waals surface area contributed by atoms with Gasteiger partial charge in [0.2, 0.25) is 0 Å². The predicted octanol–water partition coefficient (Wildman–Crippen LogP) is 3.35. The zero-order chi connectivity index (χ0) is 19.7. The van der Waals surface area contributed by atoms with E-state index in [1.54, 1.807) is 4.90 Å². The maximum absolute atomic E-state index is 12.9. The summed E-state index contributed by atoms with van der Waals surface area (Å²) in [7, 11) is 3.85. The first kappa shape index (κ1) is 19.3. The lowest BCUT2D eigenvalue weighted by molar-refractivity contribution is -0.140. The first-order valence-corrected chi connectivity index (χ1v) is 9.73. The molecule has 0 saturated carbocycles. The summed E-state index contributed by atoms with van der Waals surface area (Å²) in [5.74, 6) is -1.27. The van der Waals surface area contributed by atoms with Gasteiger partial charge in [0.25, 0.3) is 11.7 Å². The molecule has 2 aromatic rings. The van der Waals surface area contributed by atoms with Crippen molar-refractivity contribution >= 4 is 28.8 Å². The third-order valence-corrected chi connectivity index (χ3v) is 5.71. The second-order valence-electron chi connectivity index (χ2n) is 7.13. The van der Waals surface area contributed by atoms with E-state index in [1.807, 2.05) is 68.6 Å². The Morgan fingerprint density at radius 3 is 2.59 bits per heavy atom. The number of nitrogens with zero attached hydrogens (tertiary/aromatic N) is 2. The van der Waals surface area contributed by atoms with Crippen LogP contribution in [0.4, 0.5) is 0 Å². The minimum Gasteiger partial charge on any atom is -0.507 e. The van der Waals surface area contributed by atoms with E-state index in [1.165, 1.54) is 11.3 Å². The van der Waals surface area contributed by atoms with E-state index in [0.717, 1.165) is 16.0 Å². The van der Waals surface area contributed by atoms with Gasteiger partial charge in [-0.15, -0.1) is 11.3 Å². The van der Waals surface area contributed by atoms with Crippen LogP contribution in [-0.4, -0.2) is 53.8 Å². The Labute approximate surface area is 163 Å². The van der Waals surface area contributed by atoms with Gasteiger partial charge in [0.05, 0.1) is 11.6 Å². The number of hydrogen-bond donors (Lipinski definition) is 1. The Morgan fingerprint density at radius 2 is 1.96 bits per heavy atom. The molecule has 1 N–H and O–H groups in total. The maximum atomic E-state index is 12.9. The van der Waals surface area contributed by atoms with E-state index >= 15 is 0 Å². The third-order valence-electron chi connectivity index (χ3n) is 4.79. The number of likely N-dealkylation sites (tertiary alicyclic amines) is 1. The molecular weight excluding hydrogens is 360 g/mol. The molecule has 142 valence electrons. The molecule has 1 aliphatic heterocycles. The molecule has 0 spiro atoms. The molecule has 0 unspecified atom stereocenters. The van der Waals surface area contributed by atoms with Crippen LogP contribution >= 0.6 is 11.3 Å². The monoisotopic (exact) mass is 384 g/mol. The average molecular weight is 385 g/mol. The second-order valence-corrected chi connectivity index (χ2v) is 8.11. The molecule has 0 aliphatic carbocycles. The molecule has 1 saturated heterocycles. The lowest BCUT2D eigenvalue weighted by Gasteiger charge is -2.25. The number of thiophene rings is 1. The van der Waals surface area contributed by atoms with Crippen molar-refractivity contribution in [3.05, 3.63) is 62.9 Å². The van der Waals surface area contributed by atoms with Gasteiger partial charge in [-0.25, -0.2) is 0 Å². The molecule has 1 aromatic carbocycles. The molecule has 1 amide bonds. The number of aliphatic hydroxyl groups excluding tert-OH is 1. The zero-order valence-corrected chi connectivity index (χ0v) is 16.8. The van der Waals surface area contributed by atoms with Crippen LogP contribution in [0, 0.1) is 13.8 Å². The molecule has 2 heterocycles. The first-order chi connectivity index (χ1) is 12.8. The maximum Gasteiger partial charge on any atom is 0.295 e. The van der Waals surface area contributed by atoms with Gasteiger partial charge in [0.15, 0.2) is 0 Å². The molecule has 5 nitrogen and oxygen atoms in total. The van der Waals surface area contributed by atoms with Crippen LogP contribution in [0.25, 0.3) is 5.76 Å². The fourth-order valence-corrected chi connectivity index (χ4v) is 4.14. The molecule has 0 radical (unpaired) electrons. The molecule has 1 atom stereocenters.